The van der Waals surface area contributed by atoms with E-state index in [4.69, 9.17) is 4.74 Å². The minimum absolute atomic E-state index is 0.0580. The van der Waals surface area contributed by atoms with Crippen molar-refractivity contribution in [3.8, 4) is 28.5 Å². The van der Waals surface area contributed by atoms with Crippen molar-refractivity contribution in [3.63, 3.8) is 0 Å². The van der Waals surface area contributed by atoms with Crippen LogP contribution in [0, 0.1) is 0 Å². The SMILES string of the molecule is CCOC(=O)Nc1cc(O)ccc1-c1cc(=O)c2ccc(O)c(O)c2[nH]1. The highest BCUT2D eigenvalue weighted by Crippen LogP contribution is 2.34. The van der Waals surface area contributed by atoms with E-state index in [1.165, 1.54) is 36.4 Å². The molecule has 0 aliphatic carbocycles. The molecule has 26 heavy (non-hydrogen) atoms. The van der Waals surface area contributed by atoms with E-state index in [0.717, 1.165) is 0 Å². The zero-order chi connectivity index (χ0) is 18.8. The van der Waals surface area contributed by atoms with Gasteiger partial charge in [-0.05, 0) is 31.2 Å². The molecule has 3 aromatic rings. The number of anilines is 1. The van der Waals surface area contributed by atoms with Gasteiger partial charge in [-0.25, -0.2) is 4.79 Å². The first-order chi connectivity index (χ1) is 12.4. The third kappa shape index (κ3) is 3.12. The minimum Gasteiger partial charge on any atom is -0.508 e. The number of hydrogen-bond donors (Lipinski definition) is 5. The molecule has 134 valence electrons. The number of carbonyl (C=O) groups excluding carboxylic acids is 1. The van der Waals surface area contributed by atoms with E-state index in [9.17, 15) is 24.9 Å². The van der Waals surface area contributed by atoms with Gasteiger partial charge in [-0.2, -0.15) is 0 Å². The van der Waals surface area contributed by atoms with Gasteiger partial charge in [-0.1, -0.05) is 0 Å². The van der Waals surface area contributed by atoms with Crippen LogP contribution in [-0.2, 0) is 4.74 Å². The van der Waals surface area contributed by atoms with Crippen LogP contribution in [0.4, 0.5) is 10.5 Å². The van der Waals surface area contributed by atoms with Gasteiger partial charge >= 0.3 is 6.09 Å². The number of benzene rings is 2. The van der Waals surface area contributed by atoms with Gasteiger partial charge in [0.15, 0.2) is 16.9 Å². The van der Waals surface area contributed by atoms with E-state index in [-0.39, 0.29) is 45.8 Å². The fraction of sp³-hybridized carbons (Fsp3) is 0.111. The lowest BCUT2D eigenvalue weighted by Crippen LogP contribution is -2.14. The Labute approximate surface area is 147 Å². The van der Waals surface area contributed by atoms with Crippen molar-refractivity contribution in [1.82, 2.24) is 4.98 Å². The summed E-state index contributed by atoms with van der Waals surface area (Å²) in [5.41, 5.74) is 0.535. The Kier molecular flexibility index (Phi) is 4.40. The number of pyridine rings is 1. The predicted octanol–water partition coefficient (Wildman–Crippen LogP) is 2.88. The quantitative estimate of drug-likeness (QED) is 0.459. The number of fused-ring (bicyclic) bond motifs is 1. The van der Waals surface area contributed by atoms with Crippen LogP contribution in [0.1, 0.15) is 6.92 Å². The van der Waals surface area contributed by atoms with Gasteiger partial charge < -0.3 is 25.0 Å². The number of hydrogen-bond acceptors (Lipinski definition) is 6. The summed E-state index contributed by atoms with van der Waals surface area (Å²) in [5, 5.41) is 32.1. The second-order valence-corrected chi connectivity index (χ2v) is 5.48. The van der Waals surface area contributed by atoms with E-state index in [1.54, 1.807) is 6.92 Å². The first-order valence-corrected chi connectivity index (χ1v) is 7.76. The van der Waals surface area contributed by atoms with E-state index in [2.05, 4.69) is 10.3 Å². The van der Waals surface area contributed by atoms with Crippen LogP contribution in [0.3, 0.4) is 0 Å². The highest BCUT2D eigenvalue weighted by Gasteiger charge is 2.15. The molecular formula is C18H16N2O6. The Bertz CT molecular complexity index is 1060. The Morgan fingerprint density at radius 3 is 2.65 bits per heavy atom. The van der Waals surface area contributed by atoms with Crippen LogP contribution in [-0.4, -0.2) is 33.0 Å². The van der Waals surface area contributed by atoms with Crippen LogP contribution in [0.2, 0.25) is 0 Å². The van der Waals surface area contributed by atoms with Crippen molar-refractivity contribution in [2.75, 3.05) is 11.9 Å². The molecule has 0 aliphatic heterocycles. The number of amides is 1. The molecule has 8 heteroatoms. The van der Waals surface area contributed by atoms with Gasteiger partial charge in [0.05, 0.1) is 23.5 Å². The Balaban J connectivity index is 2.19. The molecular weight excluding hydrogens is 340 g/mol. The minimum atomic E-state index is -0.719. The van der Waals surface area contributed by atoms with E-state index in [1.807, 2.05) is 0 Å². The monoisotopic (exact) mass is 356 g/mol. The average Bonchev–Trinajstić information content (AvgIpc) is 2.58. The highest BCUT2D eigenvalue weighted by molar-refractivity contribution is 5.93. The molecule has 5 N–H and O–H groups in total. The number of H-pyrrole nitrogens is 1. The fourth-order valence-electron chi connectivity index (χ4n) is 2.58. The molecule has 0 unspecified atom stereocenters. The number of phenolic OH excluding ortho intramolecular Hbond substituents is 3. The molecule has 0 aliphatic rings. The maximum atomic E-state index is 12.4. The third-order valence-corrected chi connectivity index (χ3v) is 3.76. The molecule has 0 radical (unpaired) electrons. The van der Waals surface area contributed by atoms with E-state index < -0.39 is 11.8 Å². The lowest BCUT2D eigenvalue weighted by Gasteiger charge is -2.13. The van der Waals surface area contributed by atoms with Gasteiger partial charge in [-0.3, -0.25) is 10.1 Å². The van der Waals surface area contributed by atoms with Crippen molar-refractivity contribution in [3.05, 3.63) is 46.6 Å². The Morgan fingerprint density at radius 2 is 1.92 bits per heavy atom. The summed E-state index contributed by atoms with van der Waals surface area (Å²) in [7, 11) is 0. The third-order valence-electron chi connectivity index (χ3n) is 3.76. The molecule has 1 aromatic heterocycles. The molecule has 0 spiro atoms. The largest absolute Gasteiger partial charge is 0.508 e. The lowest BCUT2D eigenvalue weighted by atomic mass is 10.1. The Morgan fingerprint density at radius 1 is 1.15 bits per heavy atom. The van der Waals surface area contributed by atoms with Crippen LogP contribution in [0.15, 0.2) is 41.2 Å². The van der Waals surface area contributed by atoms with E-state index in [0.29, 0.717) is 5.56 Å². The van der Waals surface area contributed by atoms with Gasteiger partial charge in [0.25, 0.3) is 0 Å². The zero-order valence-corrected chi connectivity index (χ0v) is 13.7. The van der Waals surface area contributed by atoms with Crippen molar-refractivity contribution >= 4 is 22.7 Å². The van der Waals surface area contributed by atoms with Crippen LogP contribution >= 0.6 is 0 Å². The van der Waals surface area contributed by atoms with Gasteiger partial charge in [0.1, 0.15) is 5.75 Å². The van der Waals surface area contributed by atoms with Gasteiger partial charge in [-0.15, -0.1) is 0 Å². The number of aromatic hydroxyl groups is 3. The Hall–Kier alpha value is -3.68. The lowest BCUT2D eigenvalue weighted by molar-refractivity contribution is 0.168. The van der Waals surface area contributed by atoms with Gasteiger partial charge in [0.2, 0.25) is 0 Å². The summed E-state index contributed by atoms with van der Waals surface area (Å²) in [6, 6.07) is 8.09. The number of carbonyl (C=O) groups is 1. The summed E-state index contributed by atoms with van der Waals surface area (Å²) in [6.45, 7) is 1.82. The van der Waals surface area contributed by atoms with E-state index >= 15 is 0 Å². The topological polar surface area (TPSA) is 132 Å². The molecule has 0 atom stereocenters. The summed E-state index contributed by atoms with van der Waals surface area (Å²) < 4.78 is 4.83. The van der Waals surface area contributed by atoms with Crippen molar-refractivity contribution < 1.29 is 24.9 Å². The molecule has 1 amide bonds. The number of rotatable bonds is 3. The summed E-state index contributed by atoms with van der Waals surface area (Å²) in [6.07, 6.45) is -0.719. The number of aromatic nitrogens is 1. The van der Waals surface area contributed by atoms with Gasteiger partial charge in [0, 0.05) is 23.1 Å². The molecule has 3 rings (SSSR count). The number of aromatic amines is 1. The van der Waals surface area contributed by atoms with Crippen molar-refractivity contribution in [2.24, 2.45) is 0 Å². The average molecular weight is 356 g/mol. The molecule has 0 saturated heterocycles. The fourth-order valence-corrected chi connectivity index (χ4v) is 2.58. The maximum Gasteiger partial charge on any atom is 0.411 e. The molecule has 0 saturated carbocycles. The number of phenols is 3. The normalized spacial score (nSPS) is 10.7. The first-order valence-electron chi connectivity index (χ1n) is 7.76. The predicted molar refractivity (Wildman–Crippen MR) is 95.6 cm³/mol. The second-order valence-electron chi connectivity index (χ2n) is 5.48. The summed E-state index contributed by atoms with van der Waals surface area (Å²) in [5.74, 6) is -0.926. The zero-order valence-electron chi connectivity index (χ0n) is 13.7. The summed E-state index contributed by atoms with van der Waals surface area (Å²) >= 11 is 0. The molecule has 1 heterocycles. The molecule has 8 nitrogen and oxygen atoms in total. The first kappa shape index (κ1) is 17.2. The second kappa shape index (κ2) is 6.67. The van der Waals surface area contributed by atoms with Crippen LogP contribution in [0.25, 0.3) is 22.2 Å². The standard InChI is InChI=1S/C18H16N2O6/c1-2-26-18(25)20-12-7-9(21)3-4-10(12)13-8-15(23)11-5-6-14(22)17(24)16(11)19-13/h3-8,21-22,24H,2H2,1H3,(H,19,23)(H,20,25). The molecule has 2 aromatic carbocycles. The maximum absolute atomic E-state index is 12.4. The highest BCUT2D eigenvalue weighted by atomic mass is 16.5. The van der Waals surface area contributed by atoms with Crippen molar-refractivity contribution in [1.29, 1.82) is 0 Å². The smallest absolute Gasteiger partial charge is 0.411 e. The number of nitrogens with one attached hydrogen (secondary N) is 2. The number of ether oxygens (including phenoxy) is 1. The van der Waals surface area contributed by atoms with Crippen LogP contribution < -0.4 is 10.7 Å². The summed E-state index contributed by atoms with van der Waals surface area (Å²) in [4.78, 5) is 27.0. The van der Waals surface area contributed by atoms with Crippen LogP contribution in [0.5, 0.6) is 17.2 Å². The molecule has 0 fully saturated rings. The molecule has 0 bridgehead atoms. The van der Waals surface area contributed by atoms with Crippen molar-refractivity contribution in [2.45, 2.75) is 6.92 Å².